The van der Waals surface area contributed by atoms with Crippen LogP contribution in [0.3, 0.4) is 0 Å². The minimum absolute atomic E-state index is 0.279. The highest BCUT2D eigenvalue weighted by Crippen LogP contribution is 2.23. The molecule has 0 aliphatic heterocycles. The summed E-state index contributed by atoms with van der Waals surface area (Å²) < 4.78 is 6.06. The van der Waals surface area contributed by atoms with Crippen molar-refractivity contribution in [1.82, 2.24) is 5.32 Å². The molecule has 1 aromatic carbocycles. The maximum Gasteiger partial charge on any atom is 0.119 e. The van der Waals surface area contributed by atoms with Gasteiger partial charge in [-0.05, 0) is 36.8 Å². The Hall–Kier alpha value is -1.03. The topological polar surface area (TPSA) is 21.3 Å². The van der Waals surface area contributed by atoms with Gasteiger partial charge in [0.25, 0.3) is 0 Å². The molecule has 18 heavy (non-hydrogen) atoms. The van der Waals surface area contributed by atoms with Crippen LogP contribution in [0.2, 0.25) is 4.34 Å². The number of hydrogen-bond donors (Lipinski definition) is 1. The molecular weight excluding hydrogens is 266 g/mol. The van der Waals surface area contributed by atoms with Crippen LogP contribution in [0.25, 0.3) is 0 Å². The highest BCUT2D eigenvalue weighted by molar-refractivity contribution is 7.16. The molecule has 2 rings (SSSR count). The molecule has 1 atom stereocenters. The van der Waals surface area contributed by atoms with E-state index in [0.29, 0.717) is 0 Å². The van der Waals surface area contributed by atoms with Crippen molar-refractivity contribution >= 4 is 22.9 Å². The lowest BCUT2D eigenvalue weighted by atomic mass is 10.1. The molecule has 0 unspecified atom stereocenters. The summed E-state index contributed by atoms with van der Waals surface area (Å²) in [5, 5.41) is 3.48. The molecule has 0 saturated carbocycles. The molecule has 0 aliphatic carbocycles. The van der Waals surface area contributed by atoms with Crippen LogP contribution in [0.4, 0.5) is 0 Å². The van der Waals surface area contributed by atoms with Crippen LogP contribution in [-0.2, 0) is 6.54 Å². The van der Waals surface area contributed by atoms with Crippen molar-refractivity contribution in [1.29, 1.82) is 0 Å². The van der Waals surface area contributed by atoms with Gasteiger partial charge in [0, 0.05) is 17.5 Å². The van der Waals surface area contributed by atoms with E-state index in [1.54, 1.807) is 18.4 Å². The normalized spacial score (nSPS) is 12.4. The second-order valence-corrected chi connectivity index (χ2v) is 5.88. The van der Waals surface area contributed by atoms with Crippen molar-refractivity contribution in [2.24, 2.45) is 0 Å². The van der Waals surface area contributed by atoms with Gasteiger partial charge in [0.15, 0.2) is 0 Å². The number of thiophene rings is 1. The Balaban J connectivity index is 1.96. The lowest BCUT2D eigenvalue weighted by molar-refractivity contribution is 0.413. The quantitative estimate of drug-likeness (QED) is 0.884. The summed E-state index contributed by atoms with van der Waals surface area (Å²) >= 11 is 7.52. The van der Waals surface area contributed by atoms with E-state index in [1.807, 2.05) is 18.2 Å². The maximum atomic E-state index is 5.91. The molecule has 1 aromatic heterocycles. The van der Waals surface area contributed by atoms with E-state index in [0.717, 1.165) is 16.6 Å². The Labute approximate surface area is 117 Å². The maximum absolute atomic E-state index is 5.91. The van der Waals surface area contributed by atoms with Crippen molar-refractivity contribution in [3.8, 4) is 5.75 Å². The van der Waals surface area contributed by atoms with Crippen molar-refractivity contribution in [2.45, 2.75) is 19.5 Å². The molecule has 0 aliphatic rings. The fourth-order valence-electron chi connectivity index (χ4n) is 1.73. The highest BCUT2D eigenvalue weighted by atomic mass is 35.5. The van der Waals surface area contributed by atoms with E-state index >= 15 is 0 Å². The average Bonchev–Trinajstić information content (AvgIpc) is 2.82. The first-order chi connectivity index (χ1) is 8.69. The van der Waals surface area contributed by atoms with Crippen LogP contribution in [0.5, 0.6) is 5.75 Å². The molecule has 0 fully saturated rings. The van der Waals surface area contributed by atoms with E-state index in [9.17, 15) is 0 Å². The third-order valence-electron chi connectivity index (χ3n) is 2.81. The van der Waals surface area contributed by atoms with Crippen molar-refractivity contribution in [2.75, 3.05) is 7.11 Å². The fraction of sp³-hybridized carbons (Fsp3) is 0.286. The van der Waals surface area contributed by atoms with Gasteiger partial charge in [-0.15, -0.1) is 11.3 Å². The van der Waals surface area contributed by atoms with Crippen LogP contribution in [0.15, 0.2) is 36.4 Å². The van der Waals surface area contributed by atoms with Gasteiger partial charge < -0.3 is 10.1 Å². The second kappa shape index (κ2) is 6.23. The molecule has 1 N–H and O–H groups in total. The molecular formula is C14H16ClNOS. The molecule has 96 valence electrons. The van der Waals surface area contributed by atoms with Crippen molar-refractivity contribution < 1.29 is 4.74 Å². The Morgan fingerprint density at radius 1 is 1.33 bits per heavy atom. The smallest absolute Gasteiger partial charge is 0.119 e. The predicted molar refractivity (Wildman–Crippen MR) is 77.6 cm³/mol. The third-order valence-corrected chi connectivity index (χ3v) is 4.04. The number of hydrogen-bond acceptors (Lipinski definition) is 3. The third kappa shape index (κ3) is 3.48. The Bertz CT molecular complexity index is 512. The molecule has 0 spiro atoms. The summed E-state index contributed by atoms with van der Waals surface area (Å²) in [5.74, 6) is 0.889. The largest absolute Gasteiger partial charge is 0.497 e. The minimum atomic E-state index is 0.279. The van der Waals surface area contributed by atoms with Crippen LogP contribution >= 0.6 is 22.9 Å². The number of benzene rings is 1. The van der Waals surface area contributed by atoms with Gasteiger partial charge in [0.05, 0.1) is 11.4 Å². The molecule has 0 amide bonds. The summed E-state index contributed by atoms with van der Waals surface area (Å²) in [6, 6.07) is 12.4. The molecule has 0 saturated heterocycles. The van der Waals surface area contributed by atoms with Gasteiger partial charge in [0.1, 0.15) is 5.75 Å². The Kier molecular flexibility index (Phi) is 4.64. The van der Waals surface area contributed by atoms with E-state index in [4.69, 9.17) is 16.3 Å². The number of halogens is 1. The van der Waals surface area contributed by atoms with E-state index in [2.05, 4.69) is 30.4 Å². The van der Waals surface area contributed by atoms with E-state index in [1.165, 1.54) is 10.4 Å². The fourth-order valence-corrected chi connectivity index (χ4v) is 2.77. The monoisotopic (exact) mass is 281 g/mol. The zero-order valence-corrected chi connectivity index (χ0v) is 12.0. The van der Waals surface area contributed by atoms with Crippen LogP contribution in [-0.4, -0.2) is 7.11 Å². The van der Waals surface area contributed by atoms with Gasteiger partial charge >= 0.3 is 0 Å². The molecule has 2 nitrogen and oxygen atoms in total. The van der Waals surface area contributed by atoms with Crippen molar-refractivity contribution in [3.63, 3.8) is 0 Å². The first-order valence-electron chi connectivity index (χ1n) is 5.80. The van der Waals surface area contributed by atoms with Crippen LogP contribution in [0, 0.1) is 0 Å². The highest BCUT2D eigenvalue weighted by Gasteiger charge is 2.06. The van der Waals surface area contributed by atoms with Crippen LogP contribution < -0.4 is 10.1 Å². The number of methoxy groups -OCH3 is 1. The lowest BCUT2D eigenvalue weighted by Gasteiger charge is -2.14. The van der Waals surface area contributed by atoms with Gasteiger partial charge in [-0.25, -0.2) is 0 Å². The van der Waals surface area contributed by atoms with Gasteiger partial charge in [-0.2, -0.15) is 0 Å². The zero-order valence-electron chi connectivity index (χ0n) is 10.4. The molecule has 0 bridgehead atoms. The molecule has 0 radical (unpaired) electrons. The summed E-state index contributed by atoms with van der Waals surface area (Å²) in [4.78, 5) is 1.25. The SMILES string of the molecule is COc1cccc([C@H](C)NCc2ccc(Cl)s2)c1. The summed E-state index contributed by atoms with van der Waals surface area (Å²) in [6.07, 6.45) is 0. The molecule has 4 heteroatoms. The van der Waals surface area contributed by atoms with Gasteiger partial charge in [0.2, 0.25) is 0 Å². The summed E-state index contributed by atoms with van der Waals surface area (Å²) in [6.45, 7) is 2.97. The summed E-state index contributed by atoms with van der Waals surface area (Å²) in [7, 11) is 1.69. The number of ether oxygens (including phenoxy) is 1. The number of rotatable bonds is 5. The standard InChI is InChI=1S/C14H16ClNOS/c1-10(11-4-3-5-12(8-11)17-2)16-9-13-6-7-14(15)18-13/h3-8,10,16H,9H2,1-2H3/t10-/m0/s1. The molecule has 2 aromatic rings. The summed E-state index contributed by atoms with van der Waals surface area (Å²) in [5.41, 5.74) is 1.22. The Morgan fingerprint density at radius 3 is 2.83 bits per heavy atom. The van der Waals surface area contributed by atoms with Crippen molar-refractivity contribution in [3.05, 3.63) is 51.2 Å². The van der Waals surface area contributed by atoms with Gasteiger partial charge in [-0.3, -0.25) is 0 Å². The Morgan fingerprint density at radius 2 is 2.17 bits per heavy atom. The number of nitrogens with one attached hydrogen (secondary N) is 1. The average molecular weight is 282 g/mol. The van der Waals surface area contributed by atoms with Crippen LogP contribution in [0.1, 0.15) is 23.4 Å². The van der Waals surface area contributed by atoms with E-state index < -0.39 is 0 Å². The second-order valence-electron chi connectivity index (χ2n) is 4.09. The molecule has 1 heterocycles. The lowest BCUT2D eigenvalue weighted by Crippen LogP contribution is -2.17. The zero-order chi connectivity index (χ0) is 13.0. The minimum Gasteiger partial charge on any atom is -0.497 e. The first kappa shape index (κ1) is 13.4. The van der Waals surface area contributed by atoms with E-state index in [-0.39, 0.29) is 6.04 Å². The first-order valence-corrected chi connectivity index (χ1v) is 7.00. The predicted octanol–water partition coefficient (Wildman–Crippen LogP) is 4.26. The van der Waals surface area contributed by atoms with Gasteiger partial charge in [-0.1, -0.05) is 23.7 Å².